The first-order chi connectivity index (χ1) is 8.93. The number of carbonyl (C=O) groups excluding carboxylic acids is 2. The highest BCUT2D eigenvalue weighted by Crippen LogP contribution is 2.19. The van der Waals surface area contributed by atoms with Crippen LogP contribution in [0.25, 0.3) is 0 Å². The van der Waals surface area contributed by atoms with Gasteiger partial charge in [0, 0.05) is 19.0 Å². The summed E-state index contributed by atoms with van der Waals surface area (Å²) in [5, 5.41) is 4.80. The van der Waals surface area contributed by atoms with Crippen LogP contribution in [0.1, 0.15) is 13.3 Å². The molecule has 5 nitrogen and oxygen atoms in total. The summed E-state index contributed by atoms with van der Waals surface area (Å²) in [6.45, 7) is 1.32. The van der Waals surface area contributed by atoms with E-state index in [0.29, 0.717) is 5.69 Å². The Kier molecular flexibility index (Phi) is 5.03. The Morgan fingerprint density at radius 3 is 2.74 bits per heavy atom. The molecule has 2 amide bonds. The number of nitrogens with one attached hydrogen (secondary N) is 2. The van der Waals surface area contributed by atoms with E-state index in [1.807, 2.05) is 0 Å². The molecule has 4 N–H and O–H groups in total. The molecule has 100 valence electrons. The molecular formula is C13H14FN3O2. The van der Waals surface area contributed by atoms with Gasteiger partial charge in [-0.25, -0.2) is 4.39 Å². The second kappa shape index (κ2) is 6.52. The number of benzene rings is 1. The van der Waals surface area contributed by atoms with Gasteiger partial charge in [-0.2, -0.15) is 0 Å². The zero-order valence-corrected chi connectivity index (χ0v) is 10.4. The van der Waals surface area contributed by atoms with E-state index in [-0.39, 0.29) is 18.0 Å². The smallest absolute Gasteiger partial charge is 0.242 e. The van der Waals surface area contributed by atoms with Gasteiger partial charge in [-0.15, -0.1) is 12.3 Å². The predicted molar refractivity (Wildman–Crippen MR) is 70.8 cm³/mol. The van der Waals surface area contributed by atoms with E-state index >= 15 is 0 Å². The fourth-order valence-electron chi connectivity index (χ4n) is 1.35. The summed E-state index contributed by atoms with van der Waals surface area (Å²) in [5.74, 6) is 0.736. The van der Waals surface area contributed by atoms with Crippen molar-refractivity contribution in [2.45, 2.75) is 19.4 Å². The summed E-state index contributed by atoms with van der Waals surface area (Å²) in [7, 11) is 0. The molecular weight excluding hydrogens is 249 g/mol. The number of amides is 2. The topological polar surface area (TPSA) is 84.2 Å². The SMILES string of the molecule is C#CCC(N)C(=O)Nc1cc(NC(C)=O)ccc1F. The summed E-state index contributed by atoms with van der Waals surface area (Å²) < 4.78 is 13.5. The third-order valence-corrected chi connectivity index (χ3v) is 2.22. The van der Waals surface area contributed by atoms with Crippen molar-refractivity contribution >= 4 is 23.2 Å². The van der Waals surface area contributed by atoms with Crippen LogP contribution in [0.2, 0.25) is 0 Å². The van der Waals surface area contributed by atoms with Crippen molar-refractivity contribution in [3.05, 3.63) is 24.0 Å². The van der Waals surface area contributed by atoms with Crippen molar-refractivity contribution in [3.63, 3.8) is 0 Å². The van der Waals surface area contributed by atoms with Gasteiger partial charge in [0.15, 0.2) is 0 Å². The molecule has 0 aromatic heterocycles. The minimum absolute atomic E-state index is 0.0544. The van der Waals surface area contributed by atoms with Crippen molar-refractivity contribution in [2.24, 2.45) is 5.73 Å². The molecule has 0 heterocycles. The summed E-state index contributed by atoms with van der Waals surface area (Å²) in [6, 6.07) is 2.91. The molecule has 0 aliphatic carbocycles. The fourth-order valence-corrected chi connectivity index (χ4v) is 1.35. The molecule has 19 heavy (non-hydrogen) atoms. The molecule has 0 fully saturated rings. The lowest BCUT2D eigenvalue weighted by molar-refractivity contribution is -0.117. The van der Waals surface area contributed by atoms with Crippen LogP contribution in [0.5, 0.6) is 0 Å². The number of hydrogen-bond acceptors (Lipinski definition) is 3. The Bertz CT molecular complexity index is 537. The lowest BCUT2D eigenvalue weighted by Gasteiger charge is -2.11. The number of anilines is 2. The van der Waals surface area contributed by atoms with Crippen molar-refractivity contribution in [1.82, 2.24) is 0 Å². The summed E-state index contributed by atoms with van der Waals surface area (Å²) >= 11 is 0. The second-order valence-corrected chi connectivity index (χ2v) is 3.88. The van der Waals surface area contributed by atoms with Crippen LogP contribution in [0, 0.1) is 18.2 Å². The monoisotopic (exact) mass is 263 g/mol. The van der Waals surface area contributed by atoms with Crippen molar-refractivity contribution in [1.29, 1.82) is 0 Å². The summed E-state index contributed by atoms with van der Waals surface area (Å²) in [5.41, 5.74) is 5.80. The predicted octanol–water partition coefficient (Wildman–Crippen LogP) is 1.07. The van der Waals surface area contributed by atoms with Gasteiger partial charge >= 0.3 is 0 Å². The first-order valence-corrected chi connectivity index (χ1v) is 5.51. The highest BCUT2D eigenvalue weighted by atomic mass is 19.1. The van der Waals surface area contributed by atoms with E-state index in [2.05, 4.69) is 16.6 Å². The van der Waals surface area contributed by atoms with Crippen LogP contribution in [0.15, 0.2) is 18.2 Å². The van der Waals surface area contributed by atoms with E-state index in [4.69, 9.17) is 12.2 Å². The maximum Gasteiger partial charge on any atom is 0.242 e. The first kappa shape index (κ1) is 14.7. The van der Waals surface area contributed by atoms with Gasteiger partial charge in [-0.3, -0.25) is 9.59 Å². The summed E-state index contributed by atoms with van der Waals surface area (Å²) in [4.78, 5) is 22.5. The third kappa shape index (κ3) is 4.41. The zero-order valence-electron chi connectivity index (χ0n) is 10.4. The second-order valence-electron chi connectivity index (χ2n) is 3.88. The standard InChI is InChI=1S/C13H14FN3O2/c1-3-4-11(15)13(19)17-12-7-9(16-8(2)18)5-6-10(12)14/h1,5-7,11H,4,15H2,2H3,(H,16,18)(H,17,19). The molecule has 1 atom stereocenters. The Balaban J connectivity index is 2.85. The van der Waals surface area contributed by atoms with E-state index in [0.717, 1.165) is 6.07 Å². The molecule has 1 aromatic carbocycles. The number of halogens is 1. The van der Waals surface area contributed by atoms with E-state index in [1.165, 1.54) is 19.1 Å². The van der Waals surface area contributed by atoms with Gasteiger partial charge in [0.25, 0.3) is 0 Å². The fraction of sp³-hybridized carbons (Fsp3) is 0.231. The maximum absolute atomic E-state index is 13.5. The third-order valence-electron chi connectivity index (χ3n) is 2.22. The average molecular weight is 263 g/mol. The van der Waals surface area contributed by atoms with Crippen LogP contribution in [0.4, 0.5) is 15.8 Å². The molecule has 0 aliphatic rings. The van der Waals surface area contributed by atoms with Gasteiger partial charge in [-0.1, -0.05) is 0 Å². The van der Waals surface area contributed by atoms with Gasteiger partial charge in [0.2, 0.25) is 11.8 Å². The molecule has 0 spiro atoms. The van der Waals surface area contributed by atoms with Crippen molar-refractivity contribution in [2.75, 3.05) is 10.6 Å². The van der Waals surface area contributed by atoms with Crippen LogP contribution in [-0.2, 0) is 9.59 Å². The zero-order chi connectivity index (χ0) is 14.4. The van der Waals surface area contributed by atoms with Crippen molar-refractivity contribution < 1.29 is 14.0 Å². The van der Waals surface area contributed by atoms with E-state index < -0.39 is 17.8 Å². The highest BCUT2D eigenvalue weighted by Gasteiger charge is 2.14. The van der Waals surface area contributed by atoms with Gasteiger partial charge < -0.3 is 16.4 Å². The Labute approximate surface area is 110 Å². The average Bonchev–Trinajstić information content (AvgIpc) is 2.33. The molecule has 1 aromatic rings. The Hall–Kier alpha value is -2.39. The number of terminal acetylenes is 1. The lowest BCUT2D eigenvalue weighted by atomic mass is 10.2. The van der Waals surface area contributed by atoms with Crippen LogP contribution in [-0.4, -0.2) is 17.9 Å². The summed E-state index contributed by atoms with van der Waals surface area (Å²) in [6.07, 6.45) is 5.09. The van der Waals surface area contributed by atoms with Crippen LogP contribution < -0.4 is 16.4 Å². The van der Waals surface area contributed by atoms with E-state index in [1.54, 1.807) is 0 Å². The van der Waals surface area contributed by atoms with Crippen LogP contribution >= 0.6 is 0 Å². The highest BCUT2D eigenvalue weighted by molar-refractivity contribution is 5.96. The normalized spacial score (nSPS) is 11.3. The molecule has 0 bridgehead atoms. The quantitative estimate of drug-likeness (QED) is 0.710. The van der Waals surface area contributed by atoms with Crippen LogP contribution in [0.3, 0.4) is 0 Å². The van der Waals surface area contributed by atoms with Gasteiger partial charge in [-0.05, 0) is 18.2 Å². The number of hydrogen-bond donors (Lipinski definition) is 3. The minimum Gasteiger partial charge on any atom is -0.326 e. The number of rotatable bonds is 4. The van der Waals surface area contributed by atoms with E-state index in [9.17, 15) is 14.0 Å². The minimum atomic E-state index is -0.908. The molecule has 1 unspecified atom stereocenters. The maximum atomic E-state index is 13.5. The molecule has 0 saturated carbocycles. The van der Waals surface area contributed by atoms with Crippen molar-refractivity contribution in [3.8, 4) is 12.3 Å². The number of carbonyl (C=O) groups is 2. The van der Waals surface area contributed by atoms with Gasteiger partial charge in [0.05, 0.1) is 11.7 Å². The molecule has 6 heteroatoms. The Morgan fingerprint density at radius 2 is 2.16 bits per heavy atom. The largest absolute Gasteiger partial charge is 0.326 e. The molecule has 0 aliphatic heterocycles. The molecule has 1 rings (SSSR count). The lowest BCUT2D eigenvalue weighted by Crippen LogP contribution is -2.35. The molecule has 0 saturated heterocycles. The molecule has 0 radical (unpaired) electrons. The van der Waals surface area contributed by atoms with Gasteiger partial charge in [0.1, 0.15) is 5.82 Å². The number of nitrogens with two attached hydrogens (primary N) is 1. The first-order valence-electron chi connectivity index (χ1n) is 5.51. The Morgan fingerprint density at radius 1 is 1.47 bits per heavy atom.